The van der Waals surface area contributed by atoms with E-state index in [0.29, 0.717) is 13.2 Å². The zero-order valence-corrected chi connectivity index (χ0v) is 15.9. The van der Waals surface area contributed by atoms with Crippen LogP contribution in [0, 0.1) is 0 Å². The molecule has 1 saturated heterocycles. The highest BCUT2D eigenvalue weighted by atomic mass is 16.5. The van der Waals surface area contributed by atoms with Crippen molar-refractivity contribution in [3.8, 4) is 11.5 Å². The van der Waals surface area contributed by atoms with E-state index in [-0.39, 0.29) is 6.03 Å². The first-order valence-electron chi connectivity index (χ1n) is 10.0. The Kier molecular flexibility index (Phi) is 4.56. The molecule has 0 aliphatic carbocycles. The van der Waals surface area contributed by atoms with Crippen LogP contribution in [0.4, 0.5) is 10.5 Å². The Labute approximate surface area is 165 Å². The fraction of sp³-hybridized carbons (Fsp3) is 0.409. The van der Waals surface area contributed by atoms with Gasteiger partial charge in [-0.15, -0.1) is 0 Å². The largest absolute Gasteiger partial charge is 0.493 e. The maximum atomic E-state index is 12.9. The van der Waals surface area contributed by atoms with Gasteiger partial charge in [-0.1, -0.05) is 30.3 Å². The molecule has 0 bridgehead atoms. The lowest BCUT2D eigenvalue weighted by molar-refractivity contribution is 0.143. The van der Waals surface area contributed by atoms with Crippen molar-refractivity contribution >= 4 is 11.7 Å². The van der Waals surface area contributed by atoms with Gasteiger partial charge in [0.05, 0.1) is 18.9 Å². The van der Waals surface area contributed by atoms with E-state index in [1.54, 1.807) is 0 Å². The molecule has 0 saturated carbocycles. The molecule has 3 heterocycles. The number of nitrogens with zero attached hydrogens (tertiary/aromatic N) is 2. The summed E-state index contributed by atoms with van der Waals surface area (Å²) in [6.45, 7) is 5.49. The van der Waals surface area contributed by atoms with Crippen LogP contribution in [0.2, 0.25) is 0 Å². The Balaban J connectivity index is 1.24. The lowest BCUT2D eigenvalue weighted by Crippen LogP contribution is -2.49. The van der Waals surface area contributed by atoms with Crippen LogP contribution in [-0.2, 0) is 19.4 Å². The molecule has 0 radical (unpaired) electrons. The number of anilines is 1. The minimum atomic E-state index is -0.0441. The molecule has 28 heavy (non-hydrogen) atoms. The van der Waals surface area contributed by atoms with E-state index < -0.39 is 0 Å². The summed E-state index contributed by atoms with van der Waals surface area (Å²) in [5.74, 6) is 1.73. The normalized spacial score (nSPS) is 18.2. The van der Waals surface area contributed by atoms with Gasteiger partial charge in [-0.2, -0.15) is 0 Å². The number of hydrogen-bond acceptors (Lipinski definition) is 4. The highest BCUT2D eigenvalue weighted by molar-refractivity contribution is 5.93. The summed E-state index contributed by atoms with van der Waals surface area (Å²) in [4.78, 5) is 17.2. The zero-order chi connectivity index (χ0) is 18.9. The maximum Gasteiger partial charge on any atom is 0.322 e. The number of urea groups is 1. The Morgan fingerprint density at radius 2 is 1.79 bits per heavy atom. The monoisotopic (exact) mass is 379 g/mol. The van der Waals surface area contributed by atoms with Crippen molar-refractivity contribution in [3.05, 3.63) is 53.1 Å². The fourth-order valence-electron chi connectivity index (χ4n) is 4.25. The van der Waals surface area contributed by atoms with E-state index in [4.69, 9.17) is 9.47 Å². The third-order valence-electron chi connectivity index (χ3n) is 5.79. The number of carbonyl (C=O) groups excluding carboxylic acids is 1. The summed E-state index contributed by atoms with van der Waals surface area (Å²) in [6, 6.07) is 12.5. The highest BCUT2D eigenvalue weighted by Gasteiger charge is 2.29. The lowest BCUT2D eigenvalue weighted by atomic mass is 10.0. The smallest absolute Gasteiger partial charge is 0.322 e. The van der Waals surface area contributed by atoms with E-state index in [9.17, 15) is 4.79 Å². The molecule has 5 rings (SSSR count). The molecule has 3 aliphatic heterocycles. The molecular weight excluding hydrogens is 354 g/mol. The maximum absolute atomic E-state index is 12.9. The third kappa shape index (κ3) is 3.29. The summed E-state index contributed by atoms with van der Waals surface area (Å²) >= 11 is 0. The third-order valence-corrected chi connectivity index (χ3v) is 5.79. The van der Waals surface area contributed by atoms with Crippen LogP contribution >= 0.6 is 0 Å². The van der Waals surface area contributed by atoms with Crippen LogP contribution < -0.4 is 14.8 Å². The fourth-order valence-corrected chi connectivity index (χ4v) is 4.25. The van der Waals surface area contributed by atoms with Gasteiger partial charge in [0.1, 0.15) is 11.5 Å². The quantitative estimate of drug-likeness (QED) is 0.891. The second kappa shape index (κ2) is 7.36. The number of benzene rings is 2. The second-order valence-corrected chi connectivity index (χ2v) is 7.59. The molecule has 6 heteroatoms. The van der Waals surface area contributed by atoms with Gasteiger partial charge in [0.15, 0.2) is 0 Å². The Morgan fingerprint density at radius 3 is 2.61 bits per heavy atom. The van der Waals surface area contributed by atoms with E-state index in [0.717, 1.165) is 73.9 Å². The van der Waals surface area contributed by atoms with E-state index in [1.807, 2.05) is 11.0 Å². The molecule has 2 aromatic carbocycles. The SMILES string of the molecule is O=C(Nc1c2c(cc3c1OCC3)OCC2)N1CCN(Cc2ccccc2)CC1. The Bertz CT molecular complexity index is 844. The standard InChI is InChI=1S/C22H25N3O3/c26-22(25-10-8-24(9-11-25)15-16-4-2-1-3-5-16)23-20-18-7-13-27-19(18)14-17-6-12-28-21(17)20/h1-5,14H,6-13,15H2,(H,23,26). The van der Waals surface area contributed by atoms with Crippen molar-refractivity contribution in [2.45, 2.75) is 19.4 Å². The number of rotatable bonds is 3. The lowest BCUT2D eigenvalue weighted by Gasteiger charge is -2.35. The molecule has 6 nitrogen and oxygen atoms in total. The predicted molar refractivity (Wildman–Crippen MR) is 107 cm³/mol. The first kappa shape index (κ1) is 17.4. The molecule has 2 amide bonds. The highest BCUT2D eigenvalue weighted by Crippen LogP contribution is 2.44. The van der Waals surface area contributed by atoms with Gasteiger partial charge in [0, 0.05) is 56.7 Å². The van der Waals surface area contributed by atoms with Crippen molar-refractivity contribution in [3.63, 3.8) is 0 Å². The molecule has 0 aromatic heterocycles. The topological polar surface area (TPSA) is 54.0 Å². The van der Waals surface area contributed by atoms with Gasteiger partial charge < -0.3 is 19.7 Å². The van der Waals surface area contributed by atoms with E-state index >= 15 is 0 Å². The van der Waals surface area contributed by atoms with Crippen molar-refractivity contribution in [2.24, 2.45) is 0 Å². The molecule has 0 spiro atoms. The van der Waals surface area contributed by atoms with Crippen molar-refractivity contribution < 1.29 is 14.3 Å². The van der Waals surface area contributed by atoms with Gasteiger partial charge in [-0.05, 0) is 11.6 Å². The molecule has 2 aromatic rings. The average molecular weight is 379 g/mol. The molecule has 0 atom stereocenters. The first-order chi connectivity index (χ1) is 13.8. The zero-order valence-electron chi connectivity index (χ0n) is 15.9. The number of amides is 2. The minimum Gasteiger partial charge on any atom is -0.493 e. The van der Waals surface area contributed by atoms with Crippen molar-refractivity contribution in [2.75, 3.05) is 44.7 Å². The van der Waals surface area contributed by atoms with Crippen LogP contribution in [0.25, 0.3) is 0 Å². The van der Waals surface area contributed by atoms with E-state index in [2.05, 4.69) is 40.5 Å². The van der Waals surface area contributed by atoms with Crippen LogP contribution in [0.5, 0.6) is 11.5 Å². The van der Waals surface area contributed by atoms with Crippen LogP contribution in [0.3, 0.4) is 0 Å². The van der Waals surface area contributed by atoms with Gasteiger partial charge in [0.25, 0.3) is 0 Å². The predicted octanol–water partition coefficient (Wildman–Crippen LogP) is 2.91. The van der Waals surface area contributed by atoms with Crippen molar-refractivity contribution in [1.82, 2.24) is 9.80 Å². The summed E-state index contributed by atoms with van der Waals surface area (Å²) in [5, 5.41) is 3.14. The summed E-state index contributed by atoms with van der Waals surface area (Å²) in [6.07, 6.45) is 1.68. The van der Waals surface area contributed by atoms with Crippen molar-refractivity contribution in [1.29, 1.82) is 0 Å². The van der Waals surface area contributed by atoms with Gasteiger partial charge in [-0.25, -0.2) is 4.79 Å². The van der Waals surface area contributed by atoms with Gasteiger partial charge >= 0.3 is 6.03 Å². The van der Waals surface area contributed by atoms with E-state index in [1.165, 1.54) is 5.56 Å². The summed E-state index contributed by atoms with van der Waals surface area (Å²) in [7, 11) is 0. The second-order valence-electron chi connectivity index (χ2n) is 7.59. The number of piperazine rings is 1. The van der Waals surface area contributed by atoms with Crippen LogP contribution in [-0.4, -0.2) is 55.2 Å². The summed E-state index contributed by atoms with van der Waals surface area (Å²) in [5.41, 5.74) is 4.33. The Morgan fingerprint density at radius 1 is 1.00 bits per heavy atom. The van der Waals surface area contributed by atoms with Crippen LogP contribution in [0.15, 0.2) is 36.4 Å². The first-order valence-corrected chi connectivity index (χ1v) is 10.0. The molecule has 1 N–H and O–H groups in total. The minimum absolute atomic E-state index is 0.0441. The van der Waals surface area contributed by atoms with Gasteiger partial charge in [-0.3, -0.25) is 4.90 Å². The summed E-state index contributed by atoms with van der Waals surface area (Å²) < 4.78 is 11.6. The Hall–Kier alpha value is -2.73. The average Bonchev–Trinajstić information content (AvgIpc) is 3.38. The number of hydrogen-bond donors (Lipinski definition) is 1. The molecule has 0 unspecified atom stereocenters. The number of nitrogens with one attached hydrogen (secondary N) is 1. The number of ether oxygens (including phenoxy) is 2. The molecule has 1 fully saturated rings. The molecule has 3 aliphatic rings. The molecular formula is C22H25N3O3. The van der Waals surface area contributed by atoms with Crippen LogP contribution in [0.1, 0.15) is 16.7 Å². The van der Waals surface area contributed by atoms with Gasteiger partial charge in [0.2, 0.25) is 0 Å². The number of carbonyl (C=O) groups is 1. The number of fused-ring (bicyclic) bond motifs is 2. The molecule has 146 valence electrons.